The molecule has 19 heteroatoms. The quantitative estimate of drug-likeness (QED) is 0.0103. The highest BCUT2D eigenvalue weighted by molar-refractivity contribution is 7.47. The monoisotopic (exact) mass is 976 g/mol. The van der Waals surface area contributed by atoms with Crippen molar-refractivity contribution in [2.24, 2.45) is 0 Å². The minimum absolute atomic E-state index is 0.0161. The maximum absolute atomic E-state index is 13.0. The van der Waals surface area contributed by atoms with Gasteiger partial charge in [-0.15, -0.1) is 0 Å². The number of ether oxygens (including phenoxy) is 3. The molecular formula is C47H78O17P2. The third-order valence-corrected chi connectivity index (χ3v) is 12.2. The smallest absolute Gasteiger partial charge is 0.462 e. The lowest BCUT2D eigenvalue weighted by Gasteiger charge is -2.43. The summed E-state index contributed by atoms with van der Waals surface area (Å²) in [6.45, 7) is 2.88. The molecule has 0 amide bonds. The molecule has 66 heavy (non-hydrogen) atoms. The molecule has 1 saturated carbocycles. The van der Waals surface area contributed by atoms with E-state index in [1.165, 1.54) is 19.3 Å². The summed E-state index contributed by atoms with van der Waals surface area (Å²) < 4.78 is 55.1. The lowest BCUT2D eigenvalue weighted by Crippen LogP contribution is -2.64. The first kappa shape index (κ1) is 59.5. The average Bonchev–Trinajstić information content (AvgIpc) is 4.03. The van der Waals surface area contributed by atoms with Crippen LogP contribution in [-0.4, -0.2) is 115 Å². The Bertz CT molecular complexity index is 1620. The van der Waals surface area contributed by atoms with Gasteiger partial charge in [-0.3, -0.25) is 23.2 Å². The fraction of sp³-hybridized carbons (Fsp3) is 0.702. The normalized spacial score (nSPS) is 25.2. The summed E-state index contributed by atoms with van der Waals surface area (Å²) in [6, 6.07) is 0. The van der Waals surface area contributed by atoms with Crippen LogP contribution in [0.15, 0.2) is 72.9 Å². The molecule has 2 rings (SSSR count). The molecule has 2 aliphatic rings. The Balaban J connectivity index is 1.84. The minimum atomic E-state index is -5.38. The van der Waals surface area contributed by atoms with E-state index < -0.39 is 83.5 Å². The van der Waals surface area contributed by atoms with E-state index in [1.54, 1.807) is 0 Å². The van der Waals surface area contributed by atoms with E-state index in [0.717, 1.165) is 77.0 Å². The van der Waals surface area contributed by atoms with Crippen LogP contribution in [0.4, 0.5) is 0 Å². The molecule has 1 aliphatic carbocycles. The van der Waals surface area contributed by atoms with Crippen molar-refractivity contribution in [1.82, 2.24) is 0 Å². The molecular weight excluding hydrogens is 898 g/mol. The van der Waals surface area contributed by atoms with Gasteiger partial charge in [-0.2, -0.15) is 0 Å². The standard InChI is InChI=1S/C47H78O17P2/c1-3-5-7-9-11-13-15-17-18-19-21-23-25-27-29-33-40(48)59-35-37(36-60-66(57,58)64-47-44(52)42(50)43(51)46(45(47)53)63-65(54,55)56)61-41(49)34-30-32-39-38(62-39)31-28-26-24-22-20-16-14-12-10-8-6-4-2/h5,7,11-14,17-18,20,22,26,28,37-39,42-47,50-53H,3-4,6,8-10,15-16,19,21,23-25,27,29-36H2,1-2H3,(H,57,58)(H2,54,55,56)/b7-5-,13-11-,14-12-,18-17-,22-20-,28-26-/t37-,38?,39?,42?,43?,44?,45?,46-,47+/m1/s1. The second-order valence-electron chi connectivity index (χ2n) is 16.5. The maximum Gasteiger partial charge on any atom is 0.472 e. The second kappa shape index (κ2) is 34.6. The van der Waals surface area contributed by atoms with Gasteiger partial charge >= 0.3 is 27.6 Å². The molecule has 0 bridgehead atoms. The van der Waals surface area contributed by atoms with Crippen LogP contribution in [-0.2, 0) is 46.5 Å². The number of phosphoric ester groups is 2. The van der Waals surface area contributed by atoms with Crippen molar-refractivity contribution in [3.63, 3.8) is 0 Å². The molecule has 2 fully saturated rings. The molecule has 0 aromatic heterocycles. The van der Waals surface area contributed by atoms with Crippen LogP contribution in [0.1, 0.15) is 142 Å². The van der Waals surface area contributed by atoms with Gasteiger partial charge in [-0.1, -0.05) is 119 Å². The number of rotatable bonds is 37. The van der Waals surface area contributed by atoms with E-state index in [4.69, 9.17) is 23.3 Å². The van der Waals surface area contributed by atoms with Crippen LogP contribution in [0.2, 0.25) is 0 Å². The van der Waals surface area contributed by atoms with Crippen molar-refractivity contribution < 1.29 is 81.6 Å². The predicted molar refractivity (Wildman–Crippen MR) is 250 cm³/mol. The lowest BCUT2D eigenvalue weighted by molar-refractivity contribution is -0.216. The van der Waals surface area contributed by atoms with Crippen LogP contribution in [0.5, 0.6) is 0 Å². The lowest BCUT2D eigenvalue weighted by atomic mass is 9.85. The van der Waals surface area contributed by atoms with Crippen molar-refractivity contribution in [2.45, 2.75) is 197 Å². The summed E-state index contributed by atoms with van der Waals surface area (Å²) in [5.74, 6) is -1.31. The fourth-order valence-corrected chi connectivity index (χ4v) is 8.49. The number of carbonyl (C=O) groups is 2. The number of allylic oxidation sites excluding steroid dienone is 11. The Morgan fingerprint density at radius 3 is 1.71 bits per heavy atom. The summed E-state index contributed by atoms with van der Waals surface area (Å²) in [7, 11) is -10.7. The molecule has 1 aliphatic heterocycles. The van der Waals surface area contributed by atoms with Crippen LogP contribution in [0, 0.1) is 0 Å². The van der Waals surface area contributed by atoms with E-state index in [1.807, 2.05) is 0 Å². The van der Waals surface area contributed by atoms with Gasteiger partial charge in [0.15, 0.2) is 6.10 Å². The van der Waals surface area contributed by atoms with Crippen molar-refractivity contribution in [1.29, 1.82) is 0 Å². The van der Waals surface area contributed by atoms with Gasteiger partial charge in [-0.05, 0) is 83.5 Å². The Hall–Kier alpha value is -2.60. The van der Waals surface area contributed by atoms with Gasteiger partial charge in [0.2, 0.25) is 0 Å². The Morgan fingerprint density at radius 1 is 0.576 bits per heavy atom. The van der Waals surface area contributed by atoms with Crippen LogP contribution >= 0.6 is 15.6 Å². The highest BCUT2D eigenvalue weighted by Crippen LogP contribution is 2.49. The van der Waals surface area contributed by atoms with Crippen molar-refractivity contribution in [3.05, 3.63) is 72.9 Å². The summed E-state index contributed by atoms with van der Waals surface area (Å²) in [5, 5.41) is 41.3. The molecule has 0 spiro atoms. The summed E-state index contributed by atoms with van der Waals surface area (Å²) in [5.41, 5.74) is 0. The molecule has 17 nitrogen and oxygen atoms in total. The number of carbonyl (C=O) groups excluding carboxylic acids is 2. The van der Waals surface area contributed by atoms with E-state index in [2.05, 4.69) is 91.3 Å². The highest BCUT2D eigenvalue weighted by Gasteiger charge is 2.54. The largest absolute Gasteiger partial charge is 0.472 e. The Kier molecular flexibility index (Phi) is 31.2. The number of esters is 2. The second-order valence-corrected chi connectivity index (χ2v) is 19.1. The molecule has 7 N–H and O–H groups in total. The van der Waals surface area contributed by atoms with E-state index in [9.17, 15) is 53.8 Å². The number of hydrogen-bond donors (Lipinski definition) is 7. The third-order valence-electron chi connectivity index (χ3n) is 10.7. The van der Waals surface area contributed by atoms with Crippen LogP contribution in [0.3, 0.4) is 0 Å². The highest BCUT2D eigenvalue weighted by atomic mass is 31.2. The number of unbranched alkanes of at least 4 members (excludes halogenated alkanes) is 8. The summed E-state index contributed by atoms with van der Waals surface area (Å²) in [4.78, 5) is 54.4. The van der Waals surface area contributed by atoms with Gasteiger partial charge in [0.25, 0.3) is 0 Å². The van der Waals surface area contributed by atoms with Crippen LogP contribution < -0.4 is 0 Å². The topological polar surface area (TPSA) is 269 Å². The SMILES string of the molecule is CC/C=C\C/C=C\C/C=C\CCCCCCCC(=O)OC[C@H](COP(=O)(O)O[C@H]1C(O)C(O)C(O)[C@@H](OP(=O)(O)O)C1O)OC(=O)CCCC1OC1C/C=C\C/C=C\C/C=C\CCCCC. The van der Waals surface area contributed by atoms with Crippen molar-refractivity contribution in [2.75, 3.05) is 13.2 Å². The van der Waals surface area contributed by atoms with Crippen molar-refractivity contribution >= 4 is 27.6 Å². The minimum Gasteiger partial charge on any atom is -0.462 e. The van der Waals surface area contributed by atoms with Crippen molar-refractivity contribution in [3.8, 4) is 0 Å². The number of epoxide rings is 1. The third kappa shape index (κ3) is 28.0. The predicted octanol–water partition coefficient (Wildman–Crippen LogP) is 7.83. The zero-order valence-electron chi connectivity index (χ0n) is 38.8. The first-order valence-electron chi connectivity index (χ1n) is 23.6. The van der Waals surface area contributed by atoms with Crippen LogP contribution in [0.25, 0.3) is 0 Å². The molecule has 0 aromatic rings. The first-order chi connectivity index (χ1) is 31.6. The molecule has 10 atom stereocenters. The molecule has 1 heterocycles. The van der Waals surface area contributed by atoms with Gasteiger partial charge in [-0.25, -0.2) is 9.13 Å². The van der Waals surface area contributed by atoms with E-state index in [-0.39, 0.29) is 25.0 Å². The van der Waals surface area contributed by atoms with Gasteiger partial charge < -0.3 is 49.3 Å². The van der Waals surface area contributed by atoms with Gasteiger partial charge in [0.1, 0.15) is 43.2 Å². The molecule has 7 unspecified atom stereocenters. The van der Waals surface area contributed by atoms with E-state index >= 15 is 0 Å². The zero-order valence-corrected chi connectivity index (χ0v) is 40.6. The van der Waals surface area contributed by atoms with Gasteiger partial charge in [0.05, 0.1) is 18.8 Å². The number of aliphatic hydroxyl groups excluding tert-OH is 4. The Morgan fingerprint density at radius 2 is 1.11 bits per heavy atom. The summed E-state index contributed by atoms with van der Waals surface area (Å²) >= 11 is 0. The van der Waals surface area contributed by atoms with Gasteiger partial charge in [0, 0.05) is 12.8 Å². The molecule has 378 valence electrons. The molecule has 1 saturated heterocycles. The number of phosphoric acid groups is 2. The van der Waals surface area contributed by atoms with E-state index in [0.29, 0.717) is 19.3 Å². The first-order valence-corrected chi connectivity index (χ1v) is 26.6. The number of hydrogen-bond acceptors (Lipinski definition) is 14. The Labute approximate surface area is 391 Å². The molecule has 0 radical (unpaired) electrons. The maximum atomic E-state index is 13.0. The molecule has 0 aromatic carbocycles. The zero-order chi connectivity index (χ0) is 48.6. The summed E-state index contributed by atoms with van der Waals surface area (Å²) in [6.07, 6.45) is 27.3. The fourth-order valence-electron chi connectivity index (χ4n) is 6.95. The average molecular weight is 977 g/mol. The number of aliphatic hydroxyl groups is 4.